The molecule has 1 N–H and O–H groups in total. The predicted octanol–water partition coefficient (Wildman–Crippen LogP) is 3.35. The van der Waals surface area contributed by atoms with Gasteiger partial charge in [-0.25, -0.2) is 0 Å². The van der Waals surface area contributed by atoms with E-state index in [1.165, 1.54) is 36.3 Å². The zero-order valence-electron chi connectivity index (χ0n) is 10.4. The van der Waals surface area contributed by atoms with Crippen molar-refractivity contribution in [2.24, 2.45) is 0 Å². The Balaban J connectivity index is 2.23. The molecular weight excluding hydrogens is 214 g/mol. The molecule has 0 heterocycles. The molecule has 0 saturated heterocycles. The predicted molar refractivity (Wildman–Crippen MR) is 75.2 cm³/mol. The van der Waals surface area contributed by atoms with Gasteiger partial charge in [0.2, 0.25) is 0 Å². The van der Waals surface area contributed by atoms with Crippen LogP contribution in [0.1, 0.15) is 25.3 Å². The molecule has 0 saturated carbocycles. The van der Waals surface area contributed by atoms with Gasteiger partial charge in [-0.3, -0.25) is 0 Å². The Labute approximate surface area is 104 Å². The first kappa shape index (κ1) is 13.6. The normalized spacial score (nSPS) is 12.6. The van der Waals surface area contributed by atoms with Crippen LogP contribution in [0, 0.1) is 0 Å². The molecule has 0 bridgehead atoms. The van der Waals surface area contributed by atoms with Gasteiger partial charge in [-0.15, -0.1) is 0 Å². The molecule has 0 radical (unpaired) electrons. The second-order valence-corrected chi connectivity index (χ2v) is 5.23. The Bertz CT molecular complexity index is 261. The molecule has 1 aromatic rings. The fraction of sp³-hybridized carbons (Fsp3) is 0.571. The standard InChI is InChI=1S/C14H23NS/c1-3-11-16-12-14(15-2)10-9-13-7-5-4-6-8-13/h4-8,14-15H,3,9-12H2,1-2H3. The van der Waals surface area contributed by atoms with Crippen LogP contribution < -0.4 is 5.32 Å². The zero-order valence-corrected chi connectivity index (χ0v) is 11.2. The van der Waals surface area contributed by atoms with Crippen LogP contribution in [0.3, 0.4) is 0 Å². The molecule has 2 heteroatoms. The van der Waals surface area contributed by atoms with Gasteiger partial charge < -0.3 is 5.32 Å². The lowest BCUT2D eigenvalue weighted by molar-refractivity contribution is 0.573. The van der Waals surface area contributed by atoms with Gasteiger partial charge in [0.25, 0.3) is 0 Å². The van der Waals surface area contributed by atoms with Crippen molar-refractivity contribution in [3.05, 3.63) is 35.9 Å². The van der Waals surface area contributed by atoms with Crippen LogP contribution in [0.25, 0.3) is 0 Å². The van der Waals surface area contributed by atoms with Crippen molar-refractivity contribution in [3.63, 3.8) is 0 Å². The molecule has 0 aromatic heterocycles. The van der Waals surface area contributed by atoms with Crippen LogP contribution in [-0.4, -0.2) is 24.6 Å². The van der Waals surface area contributed by atoms with Gasteiger partial charge >= 0.3 is 0 Å². The second-order valence-electron chi connectivity index (χ2n) is 4.08. The summed E-state index contributed by atoms with van der Waals surface area (Å²) in [6.45, 7) is 2.24. The summed E-state index contributed by atoms with van der Waals surface area (Å²) in [4.78, 5) is 0. The summed E-state index contributed by atoms with van der Waals surface area (Å²) in [5.41, 5.74) is 1.45. The summed E-state index contributed by atoms with van der Waals surface area (Å²) in [6, 6.07) is 11.4. The number of hydrogen-bond acceptors (Lipinski definition) is 2. The van der Waals surface area contributed by atoms with E-state index in [0.717, 1.165) is 0 Å². The summed E-state index contributed by atoms with van der Waals surface area (Å²) in [6.07, 6.45) is 3.69. The van der Waals surface area contributed by atoms with Crippen molar-refractivity contribution in [1.29, 1.82) is 0 Å². The average molecular weight is 237 g/mol. The number of benzene rings is 1. The number of rotatable bonds is 8. The molecule has 1 aromatic carbocycles. The van der Waals surface area contributed by atoms with Crippen LogP contribution in [0.2, 0.25) is 0 Å². The number of thioether (sulfide) groups is 1. The fourth-order valence-corrected chi connectivity index (χ4v) is 2.74. The van der Waals surface area contributed by atoms with Crippen LogP contribution >= 0.6 is 11.8 Å². The minimum atomic E-state index is 0.650. The summed E-state index contributed by atoms with van der Waals surface area (Å²) >= 11 is 2.06. The summed E-state index contributed by atoms with van der Waals surface area (Å²) in [7, 11) is 2.07. The van der Waals surface area contributed by atoms with E-state index in [1.807, 2.05) is 0 Å². The van der Waals surface area contributed by atoms with Crippen molar-refractivity contribution >= 4 is 11.8 Å². The SMILES string of the molecule is CCCSCC(CCc1ccccc1)NC. The maximum absolute atomic E-state index is 3.41. The highest BCUT2D eigenvalue weighted by atomic mass is 32.2. The lowest BCUT2D eigenvalue weighted by Crippen LogP contribution is -2.28. The van der Waals surface area contributed by atoms with E-state index in [9.17, 15) is 0 Å². The number of aryl methyl sites for hydroxylation is 1. The Morgan fingerprint density at radius 2 is 2.00 bits per heavy atom. The van der Waals surface area contributed by atoms with E-state index in [2.05, 4.69) is 61.4 Å². The van der Waals surface area contributed by atoms with Crippen molar-refractivity contribution in [1.82, 2.24) is 5.32 Å². The molecule has 1 unspecified atom stereocenters. The van der Waals surface area contributed by atoms with Crippen molar-refractivity contribution in [2.75, 3.05) is 18.6 Å². The van der Waals surface area contributed by atoms with Gasteiger partial charge in [-0.05, 0) is 37.6 Å². The molecule has 1 rings (SSSR count). The van der Waals surface area contributed by atoms with E-state index in [1.54, 1.807) is 0 Å². The van der Waals surface area contributed by atoms with Gasteiger partial charge in [0.15, 0.2) is 0 Å². The highest BCUT2D eigenvalue weighted by Gasteiger charge is 2.05. The van der Waals surface area contributed by atoms with E-state index in [-0.39, 0.29) is 0 Å². The maximum atomic E-state index is 3.41. The summed E-state index contributed by atoms with van der Waals surface area (Å²) in [5, 5.41) is 3.41. The van der Waals surface area contributed by atoms with Gasteiger partial charge in [-0.1, -0.05) is 37.3 Å². The highest BCUT2D eigenvalue weighted by molar-refractivity contribution is 7.99. The summed E-state index contributed by atoms with van der Waals surface area (Å²) in [5.74, 6) is 2.51. The molecule has 16 heavy (non-hydrogen) atoms. The van der Waals surface area contributed by atoms with Gasteiger partial charge in [-0.2, -0.15) is 11.8 Å². The van der Waals surface area contributed by atoms with Crippen LogP contribution in [0.5, 0.6) is 0 Å². The molecule has 90 valence electrons. The first-order chi connectivity index (χ1) is 7.86. The largest absolute Gasteiger partial charge is 0.316 e. The molecule has 0 aliphatic carbocycles. The van der Waals surface area contributed by atoms with Crippen molar-refractivity contribution in [3.8, 4) is 0 Å². The van der Waals surface area contributed by atoms with E-state index in [0.29, 0.717) is 6.04 Å². The topological polar surface area (TPSA) is 12.0 Å². The van der Waals surface area contributed by atoms with Crippen molar-refractivity contribution in [2.45, 2.75) is 32.2 Å². The van der Waals surface area contributed by atoms with E-state index >= 15 is 0 Å². The number of nitrogens with one attached hydrogen (secondary N) is 1. The average Bonchev–Trinajstić information content (AvgIpc) is 2.35. The molecule has 0 fully saturated rings. The Kier molecular flexibility index (Phi) is 7.35. The Morgan fingerprint density at radius 3 is 2.62 bits per heavy atom. The molecule has 1 atom stereocenters. The molecule has 1 nitrogen and oxygen atoms in total. The lowest BCUT2D eigenvalue weighted by Gasteiger charge is -2.15. The quantitative estimate of drug-likeness (QED) is 0.696. The highest BCUT2D eigenvalue weighted by Crippen LogP contribution is 2.10. The first-order valence-corrected chi connectivity index (χ1v) is 7.31. The van der Waals surface area contributed by atoms with Gasteiger partial charge in [0.1, 0.15) is 0 Å². The summed E-state index contributed by atoms with van der Waals surface area (Å²) < 4.78 is 0. The Morgan fingerprint density at radius 1 is 1.25 bits per heavy atom. The van der Waals surface area contributed by atoms with E-state index in [4.69, 9.17) is 0 Å². The third-order valence-corrected chi connectivity index (χ3v) is 4.04. The van der Waals surface area contributed by atoms with Gasteiger partial charge in [0, 0.05) is 11.8 Å². The van der Waals surface area contributed by atoms with Crippen LogP contribution in [-0.2, 0) is 6.42 Å². The first-order valence-electron chi connectivity index (χ1n) is 6.15. The van der Waals surface area contributed by atoms with Crippen LogP contribution in [0.15, 0.2) is 30.3 Å². The molecule has 0 spiro atoms. The smallest absolute Gasteiger partial charge is 0.0158 e. The third-order valence-electron chi connectivity index (χ3n) is 2.70. The monoisotopic (exact) mass is 237 g/mol. The molecule has 0 aliphatic rings. The van der Waals surface area contributed by atoms with Crippen molar-refractivity contribution < 1.29 is 0 Å². The van der Waals surface area contributed by atoms with Gasteiger partial charge in [0.05, 0.1) is 0 Å². The molecule has 0 amide bonds. The lowest BCUT2D eigenvalue weighted by atomic mass is 10.1. The fourth-order valence-electron chi connectivity index (χ4n) is 1.67. The molecule has 0 aliphatic heterocycles. The minimum absolute atomic E-state index is 0.650. The minimum Gasteiger partial charge on any atom is -0.316 e. The van der Waals surface area contributed by atoms with Crippen LogP contribution in [0.4, 0.5) is 0 Å². The number of hydrogen-bond donors (Lipinski definition) is 1. The molecular formula is C14H23NS. The zero-order chi connectivity index (χ0) is 11.6. The van der Waals surface area contributed by atoms with E-state index < -0.39 is 0 Å². The Hall–Kier alpha value is -0.470. The third kappa shape index (κ3) is 5.57. The maximum Gasteiger partial charge on any atom is 0.0158 e. The second kappa shape index (κ2) is 8.66.